The molecule has 4 rings (SSSR count). The van der Waals surface area contributed by atoms with E-state index in [0.717, 1.165) is 28.2 Å². The molecular weight excluding hydrogens is 418 g/mol. The lowest BCUT2D eigenvalue weighted by Gasteiger charge is -2.28. The Hall–Kier alpha value is -2.86. The predicted molar refractivity (Wildman–Crippen MR) is 117 cm³/mol. The van der Waals surface area contributed by atoms with E-state index in [1.807, 2.05) is 36.4 Å². The number of ether oxygens (including phenoxy) is 1. The van der Waals surface area contributed by atoms with Gasteiger partial charge in [0.15, 0.2) is 0 Å². The number of fused-ring (bicyclic) bond motifs is 1. The van der Waals surface area contributed by atoms with Crippen LogP contribution in [0.15, 0.2) is 64.2 Å². The molecule has 30 heavy (non-hydrogen) atoms. The van der Waals surface area contributed by atoms with Gasteiger partial charge in [-0.05, 0) is 35.7 Å². The summed E-state index contributed by atoms with van der Waals surface area (Å²) in [4.78, 5) is 0. The number of hydrogen-bond acceptors (Lipinski definition) is 6. The molecule has 0 aliphatic carbocycles. The van der Waals surface area contributed by atoms with Crippen LogP contribution in [0.3, 0.4) is 0 Å². The average Bonchev–Trinajstić information content (AvgIpc) is 3.19. The van der Waals surface area contributed by atoms with Crippen molar-refractivity contribution in [3.8, 4) is 11.8 Å². The van der Waals surface area contributed by atoms with Crippen molar-refractivity contribution < 1.29 is 13.2 Å². The van der Waals surface area contributed by atoms with E-state index in [2.05, 4.69) is 11.4 Å². The fourth-order valence-corrected chi connectivity index (χ4v) is 6.44. The van der Waals surface area contributed by atoms with Gasteiger partial charge in [0.1, 0.15) is 9.96 Å². The first-order valence-electron chi connectivity index (χ1n) is 9.46. The summed E-state index contributed by atoms with van der Waals surface area (Å²) in [7, 11) is -2.24. The fourth-order valence-electron chi connectivity index (χ4n) is 3.59. The Kier molecular flexibility index (Phi) is 5.77. The lowest BCUT2D eigenvalue weighted by Crippen LogP contribution is -2.43. The number of hydrogen-bond donors (Lipinski definition) is 1. The van der Waals surface area contributed by atoms with Crippen molar-refractivity contribution in [1.82, 2.24) is 4.31 Å². The van der Waals surface area contributed by atoms with E-state index in [1.165, 1.54) is 7.11 Å². The number of benzene rings is 2. The van der Waals surface area contributed by atoms with Gasteiger partial charge in [0.2, 0.25) is 0 Å². The van der Waals surface area contributed by atoms with Gasteiger partial charge in [-0.1, -0.05) is 30.3 Å². The standard InChI is InChI=1S/C22H21N3O3S2/c1-28-20-11-22(29-15-20)30(26,27)25-14-18-9-17(12-23)7-8-21(18)24-13-19(25)10-16-5-3-2-4-6-16/h2-9,11,15,19,24H,10,13-14H2,1H3. The molecule has 0 amide bonds. The van der Waals surface area contributed by atoms with Crippen molar-refractivity contribution in [3.05, 3.63) is 76.7 Å². The van der Waals surface area contributed by atoms with Crippen molar-refractivity contribution in [2.75, 3.05) is 19.0 Å². The van der Waals surface area contributed by atoms with Crippen LogP contribution >= 0.6 is 11.3 Å². The summed E-state index contributed by atoms with van der Waals surface area (Å²) in [6.07, 6.45) is 0.578. The van der Waals surface area contributed by atoms with Crippen molar-refractivity contribution in [2.24, 2.45) is 0 Å². The maximum absolute atomic E-state index is 13.6. The number of nitrogens with one attached hydrogen (secondary N) is 1. The second-order valence-electron chi connectivity index (χ2n) is 7.06. The molecule has 8 heteroatoms. The molecule has 2 aromatic carbocycles. The van der Waals surface area contributed by atoms with E-state index in [9.17, 15) is 13.7 Å². The second-order valence-corrected chi connectivity index (χ2v) is 10.1. The van der Waals surface area contributed by atoms with Gasteiger partial charge >= 0.3 is 0 Å². The molecule has 3 aromatic rings. The summed E-state index contributed by atoms with van der Waals surface area (Å²) in [5.41, 5.74) is 3.22. The lowest BCUT2D eigenvalue weighted by molar-refractivity contribution is 0.326. The van der Waals surface area contributed by atoms with Gasteiger partial charge in [-0.2, -0.15) is 9.57 Å². The van der Waals surface area contributed by atoms with Gasteiger partial charge in [-0.3, -0.25) is 0 Å². The summed E-state index contributed by atoms with van der Waals surface area (Å²) in [6.45, 7) is 0.660. The highest BCUT2D eigenvalue weighted by atomic mass is 32.2. The molecular formula is C22H21N3O3S2. The summed E-state index contributed by atoms with van der Waals surface area (Å²) < 4.78 is 34.2. The molecule has 1 aliphatic rings. The average molecular weight is 440 g/mol. The Labute approximate surface area is 180 Å². The maximum Gasteiger partial charge on any atom is 0.253 e. The number of anilines is 1. The third kappa shape index (κ3) is 4.05. The van der Waals surface area contributed by atoms with Gasteiger partial charge in [-0.25, -0.2) is 8.42 Å². The van der Waals surface area contributed by atoms with Gasteiger partial charge in [-0.15, -0.1) is 11.3 Å². The Morgan fingerprint density at radius 2 is 2.03 bits per heavy atom. The normalized spacial score (nSPS) is 16.7. The number of nitriles is 1. The van der Waals surface area contributed by atoms with Gasteiger partial charge < -0.3 is 10.1 Å². The van der Waals surface area contributed by atoms with Gasteiger partial charge in [0, 0.05) is 36.3 Å². The first-order valence-corrected chi connectivity index (χ1v) is 11.8. The van der Waals surface area contributed by atoms with Crippen LogP contribution in [-0.4, -0.2) is 32.4 Å². The van der Waals surface area contributed by atoms with Crippen LogP contribution in [0.2, 0.25) is 0 Å². The summed E-state index contributed by atoms with van der Waals surface area (Å²) >= 11 is 1.15. The van der Waals surface area contributed by atoms with Crippen LogP contribution in [0.4, 0.5) is 5.69 Å². The van der Waals surface area contributed by atoms with E-state index < -0.39 is 10.0 Å². The first-order chi connectivity index (χ1) is 14.5. The summed E-state index contributed by atoms with van der Waals surface area (Å²) in [5.74, 6) is 0.526. The Morgan fingerprint density at radius 3 is 2.73 bits per heavy atom. The molecule has 1 aliphatic heterocycles. The molecule has 1 atom stereocenters. The van der Waals surface area contributed by atoms with Crippen LogP contribution in [0.25, 0.3) is 0 Å². The Morgan fingerprint density at radius 1 is 1.23 bits per heavy atom. The van der Waals surface area contributed by atoms with E-state index in [-0.39, 0.29) is 16.8 Å². The SMILES string of the molecule is COc1csc(S(=O)(=O)N2Cc3cc(C#N)ccc3NCC2Cc2ccccc2)c1. The maximum atomic E-state index is 13.6. The largest absolute Gasteiger partial charge is 0.496 e. The molecule has 2 heterocycles. The Balaban J connectivity index is 1.76. The third-order valence-corrected chi connectivity index (χ3v) is 8.45. The predicted octanol–water partition coefficient (Wildman–Crippen LogP) is 3.86. The molecule has 1 aromatic heterocycles. The number of sulfonamides is 1. The van der Waals surface area contributed by atoms with Crippen molar-refractivity contribution >= 4 is 27.0 Å². The molecule has 6 nitrogen and oxygen atoms in total. The number of methoxy groups -OCH3 is 1. The highest BCUT2D eigenvalue weighted by Gasteiger charge is 2.35. The number of rotatable bonds is 5. The van der Waals surface area contributed by atoms with E-state index in [4.69, 9.17) is 4.74 Å². The second kappa shape index (κ2) is 8.48. The first kappa shape index (κ1) is 20.4. The smallest absolute Gasteiger partial charge is 0.253 e. The number of nitrogens with zero attached hydrogens (tertiary/aromatic N) is 2. The van der Waals surface area contributed by atoms with Gasteiger partial charge in [0.25, 0.3) is 10.0 Å². The minimum absolute atomic E-state index is 0.192. The molecule has 0 saturated carbocycles. The molecule has 1 unspecified atom stereocenters. The molecule has 0 saturated heterocycles. The topological polar surface area (TPSA) is 82.4 Å². The van der Waals surface area contributed by atoms with Crippen LogP contribution in [0.5, 0.6) is 5.75 Å². The molecule has 1 N–H and O–H groups in total. The van der Waals surface area contributed by atoms with E-state index in [1.54, 1.807) is 27.9 Å². The summed E-state index contributed by atoms with van der Waals surface area (Å²) in [5, 5.41) is 14.3. The van der Waals surface area contributed by atoms with Crippen LogP contribution in [0, 0.1) is 11.3 Å². The fraction of sp³-hybridized carbons (Fsp3) is 0.227. The van der Waals surface area contributed by atoms with E-state index >= 15 is 0 Å². The quantitative estimate of drug-likeness (QED) is 0.653. The Bertz CT molecular complexity index is 1180. The van der Waals surface area contributed by atoms with Crippen molar-refractivity contribution in [3.63, 3.8) is 0 Å². The zero-order valence-electron chi connectivity index (χ0n) is 16.4. The highest BCUT2D eigenvalue weighted by Crippen LogP contribution is 2.33. The molecule has 154 valence electrons. The molecule has 0 fully saturated rings. The zero-order chi connectivity index (χ0) is 21.1. The zero-order valence-corrected chi connectivity index (χ0v) is 18.0. The molecule has 0 spiro atoms. The third-order valence-electron chi connectivity index (χ3n) is 5.16. The van der Waals surface area contributed by atoms with Crippen LogP contribution in [-0.2, 0) is 23.0 Å². The van der Waals surface area contributed by atoms with Crippen LogP contribution < -0.4 is 10.1 Å². The number of thiophene rings is 1. The monoisotopic (exact) mass is 439 g/mol. The van der Waals surface area contributed by atoms with Crippen molar-refractivity contribution in [2.45, 2.75) is 23.2 Å². The van der Waals surface area contributed by atoms with Gasteiger partial charge in [0.05, 0.1) is 18.7 Å². The van der Waals surface area contributed by atoms with E-state index in [0.29, 0.717) is 24.3 Å². The minimum atomic E-state index is -3.76. The summed E-state index contributed by atoms with van der Waals surface area (Å²) in [6, 6.07) is 18.6. The highest BCUT2D eigenvalue weighted by molar-refractivity contribution is 7.91. The molecule has 0 bridgehead atoms. The van der Waals surface area contributed by atoms with Crippen molar-refractivity contribution in [1.29, 1.82) is 5.26 Å². The van der Waals surface area contributed by atoms with Crippen LogP contribution in [0.1, 0.15) is 16.7 Å². The lowest BCUT2D eigenvalue weighted by atomic mass is 10.1. The molecule has 0 radical (unpaired) electrons. The minimum Gasteiger partial charge on any atom is -0.496 e.